The first-order chi connectivity index (χ1) is 14.2. The van der Waals surface area contributed by atoms with E-state index in [1.807, 2.05) is 0 Å². The molecule has 2 heterocycles. The number of carbonyl (C=O) groups is 1. The van der Waals surface area contributed by atoms with Crippen molar-refractivity contribution in [1.82, 2.24) is 4.90 Å². The maximum absolute atomic E-state index is 12.6. The highest BCUT2D eigenvalue weighted by Crippen LogP contribution is 2.37. The van der Waals surface area contributed by atoms with Gasteiger partial charge in [0.05, 0.1) is 24.3 Å². The molecule has 1 aromatic rings. The number of carbonyl (C=O) groups excluding carboxylic acids is 1. The lowest BCUT2D eigenvalue weighted by Gasteiger charge is -2.34. The topological polar surface area (TPSA) is 65.4 Å². The maximum Gasteiger partial charge on any atom is 0.239 e. The van der Waals surface area contributed by atoms with E-state index in [9.17, 15) is 10.1 Å². The summed E-state index contributed by atoms with van der Waals surface area (Å²) in [5, 5.41) is 13.4. The van der Waals surface area contributed by atoms with E-state index in [1.165, 1.54) is 55.4 Å². The van der Waals surface area contributed by atoms with Crippen molar-refractivity contribution >= 4 is 22.2 Å². The summed E-state index contributed by atoms with van der Waals surface area (Å²) in [5.74, 6) is 0.00422. The van der Waals surface area contributed by atoms with E-state index < -0.39 is 0 Å². The first-order valence-corrected chi connectivity index (χ1v) is 12.3. The summed E-state index contributed by atoms with van der Waals surface area (Å²) in [7, 11) is 0. The van der Waals surface area contributed by atoms with Crippen LogP contribution in [0, 0.1) is 11.3 Å². The lowest BCUT2D eigenvalue weighted by molar-refractivity contribution is -0.118. The lowest BCUT2D eigenvalue weighted by Crippen LogP contribution is -2.42. The van der Waals surface area contributed by atoms with Gasteiger partial charge in [0.15, 0.2) is 0 Å². The number of nitrogens with one attached hydrogen (secondary N) is 1. The number of hydrogen-bond acceptors (Lipinski definition) is 5. The first kappa shape index (κ1) is 20.8. The molecule has 1 saturated carbocycles. The van der Waals surface area contributed by atoms with Gasteiger partial charge in [-0.25, -0.2) is 0 Å². The second-order valence-electron chi connectivity index (χ2n) is 8.80. The zero-order valence-corrected chi connectivity index (χ0v) is 18.2. The van der Waals surface area contributed by atoms with Crippen molar-refractivity contribution in [1.29, 1.82) is 5.26 Å². The highest BCUT2D eigenvalue weighted by molar-refractivity contribution is 7.16. The normalized spacial score (nSPS) is 21.9. The highest BCUT2D eigenvalue weighted by Gasteiger charge is 2.26. The Morgan fingerprint density at radius 3 is 2.48 bits per heavy atom. The molecule has 1 saturated heterocycles. The third-order valence-electron chi connectivity index (χ3n) is 6.62. The van der Waals surface area contributed by atoms with Crippen molar-refractivity contribution in [2.75, 3.05) is 25.0 Å². The Morgan fingerprint density at radius 1 is 1.03 bits per heavy atom. The number of hydrogen-bond donors (Lipinski definition) is 1. The number of thiophene rings is 1. The number of fused-ring (bicyclic) bond motifs is 1. The number of aryl methyl sites for hydroxylation is 1. The quantitative estimate of drug-likeness (QED) is 0.712. The van der Waals surface area contributed by atoms with Crippen LogP contribution in [-0.2, 0) is 22.4 Å². The largest absolute Gasteiger partial charge is 0.375 e. The van der Waals surface area contributed by atoms with E-state index in [4.69, 9.17) is 4.74 Å². The van der Waals surface area contributed by atoms with E-state index in [-0.39, 0.29) is 5.91 Å². The molecule has 0 radical (unpaired) electrons. The van der Waals surface area contributed by atoms with Gasteiger partial charge in [0, 0.05) is 18.0 Å². The second-order valence-corrected chi connectivity index (χ2v) is 9.91. The van der Waals surface area contributed by atoms with E-state index >= 15 is 0 Å². The van der Waals surface area contributed by atoms with Gasteiger partial charge in [-0.15, -0.1) is 11.3 Å². The van der Waals surface area contributed by atoms with Gasteiger partial charge >= 0.3 is 0 Å². The molecule has 2 fully saturated rings. The minimum atomic E-state index is 0.00422. The van der Waals surface area contributed by atoms with Crippen LogP contribution in [0.5, 0.6) is 0 Å². The fraction of sp³-hybridized carbons (Fsp3) is 0.739. The molecule has 0 atom stereocenters. The van der Waals surface area contributed by atoms with Gasteiger partial charge < -0.3 is 10.1 Å². The Labute approximate surface area is 178 Å². The van der Waals surface area contributed by atoms with Crippen LogP contribution in [0.4, 0.5) is 5.00 Å². The van der Waals surface area contributed by atoms with Crippen LogP contribution in [0.3, 0.4) is 0 Å². The molecule has 4 rings (SSSR count). The Balaban J connectivity index is 1.26. The van der Waals surface area contributed by atoms with Crippen LogP contribution < -0.4 is 5.32 Å². The van der Waals surface area contributed by atoms with Gasteiger partial charge in [-0.3, -0.25) is 9.69 Å². The fourth-order valence-corrected chi connectivity index (χ4v) is 6.25. The summed E-state index contributed by atoms with van der Waals surface area (Å²) in [5.41, 5.74) is 1.89. The van der Waals surface area contributed by atoms with Gasteiger partial charge in [-0.1, -0.05) is 25.7 Å². The van der Waals surface area contributed by atoms with Crippen LogP contribution in [0.2, 0.25) is 0 Å². The predicted molar refractivity (Wildman–Crippen MR) is 116 cm³/mol. The van der Waals surface area contributed by atoms with Gasteiger partial charge in [-0.05, 0) is 56.9 Å². The molecule has 1 amide bonds. The molecular formula is C23H33N3O2S. The molecule has 0 spiro atoms. The monoisotopic (exact) mass is 415 g/mol. The van der Waals surface area contributed by atoms with E-state index in [1.54, 1.807) is 11.3 Å². The number of nitrogens with zero attached hydrogens (tertiary/aromatic N) is 2. The number of likely N-dealkylation sites (tertiary alicyclic amines) is 1. The van der Waals surface area contributed by atoms with Crippen molar-refractivity contribution in [3.05, 3.63) is 16.0 Å². The smallest absolute Gasteiger partial charge is 0.239 e. The third kappa shape index (κ3) is 5.39. The zero-order chi connectivity index (χ0) is 20.1. The highest BCUT2D eigenvalue weighted by atomic mass is 32.1. The SMILES string of the molecule is N#Cc1c(NC(=O)CN2CCC(OC3CCCCC3)CC2)sc2c1CCCCC2. The Kier molecular flexibility index (Phi) is 7.23. The summed E-state index contributed by atoms with van der Waals surface area (Å²) in [6, 6.07) is 2.35. The summed E-state index contributed by atoms with van der Waals surface area (Å²) in [6.45, 7) is 2.23. The second kappa shape index (κ2) is 10.1. The molecule has 1 aliphatic heterocycles. The van der Waals surface area contributed by atoms with Crippen molar-refractivity contribution in [3.8, 4) is 6.07 Å². The molecule has 0 bridgehead atoms. The van der Waals surface area contributed by atoms with Crippen molar-refractivity contribution in [2.24, 2.45) is 0 Å². The number of anilines is 1. The van der Waals surface area contributed by atoms with E-state index in [0.717, 1.165) is 50.2 Å². The summed E-state index contributed by atoms with van der Waals surface area (Å²) >= 11 is 1.62. The molecule has 2 aliphatic carbocycles. The maximum atomic E-state index is 12.6. The summed E-state index contributed by atoms with van der Waals surface area (Å²) in [4.78, 5) is 16.2. The molecule has 3 aliphatic rings. The number of rotatable bonds is 5. The number of nitriles is 1. The van der Waals surface area contributed by atoms with Crippen LogP contribution in [0.1, 0.15) is 80.2 Å². The summed E-state index contributed by atoms with van der Waals surface area (Å²) in [6.07, 6.45) is 14.8. The molecular weight excluding hydrogens is 382 g/mol. The van der Waals surface area contributed by atoms with Gasteiger partial charge in [0.2, 0.25) is 5.91 Å². The molecule has 29 heavy (non-hydrogen) atoms. The first-order valence-electron chi connectivity index (χ1n) is 11.4. The average Bonchev–Trinajstić information content (AvgIpc) is 2.89. The van der Waals surface area contributed by atoms with E-state index in [0.29, 0.717) is 24.3 Å². The molecule has 1 aromatic heterocycles. The van der Waals surface area contributed by atoms with Gasteiger partial charge in [-0.2, -0.15) is 5.26 Å². The minimum absolute atomic E-state index is 0.00422. The standard InChI is InChI=1S/C23H33N3O2S/c24-15-20-19-9-5-2-6-10-21(19)29-23(20)25-22(27)16-26-13-11-18(12-14-26)28-17-7-3-1-4-8-17/h17-18H,1-14,16H2,(H,25,27). The van der Waals surface area contributed by atoms with Crippen LogP contribution >= 0.6 is 11.3 Å². The van der Waals surface area contributed by atoms with Crippen LogP contribution in [0.25, 0.3) is 0 Å². The summed E-state index contributed by atoms with van der Waals surface area (Å²) < 4.78 is 6.31. The van der Waals surface area contributed by atoms with Crippen molar-refractivity contribution < 1.29 is 9.53 Å². The lowest BCUT2D eigenvalue weighted by atomic mass is 9.97. The molecule has 0 aromatic carbocycles. The fourth-order valence-electron chi connectivity index (χ4n) is 5.00. The average molecular weight is 416 g/mol. The predicted octanol–water partition coefficient (Wildman–Crippen LogP) is 4.64. The minimum Gasteiger partial charge on any atom is -0.375 e. The van der Waals surface area contributed by atoms with E-state index in [2.05, 4.69) is 16.3 Å². The van der Waals surface area contributed by atoms with Crippen molar-refractivity contribution in [3.63, 3.8) is 0 Å². The van der Waals surface area contributed by atoms with Crippen LogP contribution in [0.15, 0.2) is 0 Å². The third-order valence-corrected chi connectivity index (χ3v) is 7.83. The van der Waals surface area contributed by atoms with Crippen LogP contribution in [-0.4, -0.2) is 42.6 Å². The Hall–Kier alpha value is -1.42. The molecule has 5 nitrogen and oxygen atoms in total. The van der Waals surface area contributed by atoms with Gasteiger partial charge in [0.25, 0.3) is 0 Å². The molecule has 0 unspecified atom stereocenters. The number of piperidine rings is 1. The Morgan fingerprint density at radius 2 is 1.72 bits per heavy atom. The number of ether oxygens (including phenoxy) is 1. The molecule has 6 heteroatoms. The zero-order valence-electron chi connectivity index (χ0n) is 17.4. The molecule has 1 N–H and O–H groups in total. The Bertz CT molecular complexity index is 740. The molecule has 158 valence electrons. The van der Waals surface area contributed by atoms with Gasteiger partial charge in [0.1, 0.15) is 11.1 Å². The number of amides is 1. The van der Waals surface area contributed by atoms with Crippen molar-refractivity contribution in [2.45, 2.75) is 89.3 Å².